The number of carbonyl (C=O) groups is 1. The van der Waals surface area contributed by atoms with E-state index in [9.17, 15) is 9.90 Å². The van der Waals surface area contributed by atoms with Crippen molar-refractivity contribution < 1.29 is 14.3 Å². The zero-order valence-corrected chi connectivity index (χ0v) is 14.6. The monoisotopic (exact) mass is 370 g/mol. The number of para-hydroxylation sites is 1. The van der Waals surface area contributed by atoms with Crippen LogP contribution in [0, 0.1) is 0 Å². The van der Waals surface area contributed by atoms with E-state index >= 15 is 0 Å². The van der Waals surface area contributed by atoms with Crippen molar-refractivity contribution in [3.8, 4) is 10.6 Å². The van der Waals surface area contributed by atoms with Crippen molar-refractivity contribution in [1.82, 2.24) is 10.3 Å². The van der Waals surface area contributed by atoms with Crippen LogP contribution in [0.3, 0.4) is 0 Å². The molecule has 0 bridgehead atoms. The van der Waals surface area contributed by atoms with Crippen molar-refractivity contribution in [2.45, 2.75) is 6.10 Å². The molecule has 0 saturated carbocycles. The molecule has 3 aromatic heterocycles. The van der Waals surface area contributed by atoms with E-state index in [-0.39, 0.29) is 12.5 Å². The summed E-state index contributed by atoms with van der Waals surface area (Å²) < 4.78 is 6.63. The van der Waals surface area contributed by atoms with Gasteiger partial charge in [0.1, 0.15) is 17.6 Å². The van der Waals surface area contributed by atoms with Crippen molar-refractivity contribution in [2.75, 3.05) is 6.54 Å². The smallest absolute Gasteiger partial charge is 0.280 e. The van der Waals surface area contributed by atoms with E-state index in [0.29, 0.717) is 16.5 Å². The van der Waals surface area contributed by atoms with Gasteiger partial charge in [-0.05, 0) is 35.7 Å². The lowest BCUT2D eigenvalue weighted by atomic mass is 10.2. The van der Waals surface area contributed by atoms with Gasteiger partial charge >= 0.3 is 0 Å². The Morgan fingerprint density at radius 3 is 2.88 bits per heavy atom. The fourth-order valence-corrected chi connectivity index (χ4v) is 3.99. The zero-order valence-electron chi connectivity index (χ0n) is 13.0. The highest BCUT2D eigenvalue weighted by Gasteiger charge is 2.17. The van der Waals surface area contributed by atoms with Crippen LogP contribution in [0.2, 0.25) is 0 Å². The van der Waals surface area contributed by atoms with Gasteiger partial charge in [0.15, 0.2) is 5.01 Å². The molecule has 4 rings (SSSR count). The number of furan rings is 1. The summed E-state index contributed by atoms with van der Waals surface area (Å²) >= 11 is 2.89. The zero-order chi connectivity index (χ0) is 17.2. The first-order valence-corrected chi connectivity index (χ1v) is 9.36. The molecule has 1 aromatic carbocycles. The van der Waals surface area contributed by atoms with Crippen molar-refractivity contribution in [2.24, 2.45) is 0 Å². The number of amides is 1. The maximum atomic E-state index is 12.2. The Morgan fingerprint density at radius 1 is 1.20 bits per heavy atom. The van der Waals surface area contributed by atoms with Crippen molar-refractivity contribution >= 4 is 38.8 Å². The van der Waals surface area contributed by atoms with E-state index in [0.717, 1.165) is 15.1 Å². The summed E-state index contributed by atoms with van der Waals surface area (Å²) in [5, 5.41) is 15.3. The topological polar surface area (TPSA) is 75.4 Å². The van der Waals surface area contributed by atoms with Gasteiger partial charge in [-0.3, -0.25) is 4.79 Å². The van der Waals surface area contributed by atoms with Crippen LogP contribution in [0.1, 0.15) is 21.7 Å². The fourth-order valence-electron chi connectivity index (χ4n) is 2.42. The minimum absolute atomic E-state index is 0.0617. The number of nitrogens with zero attached hydrogens (tertiary/aromatic N) is 1. The maximum Gasteiger partial charge on any atom is 0.280 e. The molecule has 25 heavy (non-hydrogen) atoms. The predicted octanol–water partition coefficient (Wildman–Crippen LogP) is 4.08. The lowest BCUT2D eigenvalue weighted by Gasteiger charge is -2.08. The third-order valence-electron chi connectivity index (χ3n) is 3.66. The third kappa shape index (κ3) is 3.34. The van der Waals surface area contributed by atoms with Gasteiger partial charge in [0.2, 0.25) is 0 Å². The van der Waals surface area contributed by atoms with Gasteiger partial charge in [-0.1, -0.05) is 18.2 Å². The minimum atomic E-state index is -0.910. The average Bonchev–Trinajstić information content (AvgIpc) is 3.38. The molecule has 2 N–H and O–H groups in total. The minimum Gasteiger partial charge on any atom is -0.457 e. The summed E-state index contributed by atoms with van der Waals surface area (Å²) in [7, 11) is 0. The van der Waals surface area contributed by atoms with Crippen LogP contribution < -0.4 is 5.32 Å². The lowest BCUT2D eigenvalue weighted by Crippen LogP contribution is -2.28. The fraction of sp³-hybridized carbons (Fsp3) is 0.111. The van der Waals surface area contributed by atoms with Gasteiger partial charge in [0.05, 0.1) is 21.6 Å². The Labute approximate surface area is 151 Å². The normalized spacial score (nSPS) is 12.4. The quantitative estimate of drug-likeness (QED) is 0.555. The summed E-state index contributed by atoms with van der Waals surface area (Å²) in [5.74, 6) is 0.833. The van der Waals surface area contributed by atoms with Crippen LogP contribution in [0.5, 0.6) is 0 Å². The number of hydrogen-bond acceptors (Lipinski definition) is 6. The standard InChI is InChI=1S/C18H14N2O3S2/c21-12(13-7-8-14(23-13)16-6-3-9-24-16)10-19-17(22)18-20-11-4-1-2-5-15(11)25-18/h1-9,12,21H,10H2,(H,19,22). The number of nitrogens with one attached hydrogen (secondary N) is 1. The van der Waals surface area contributed by atoms with E-state index in [4.69, 9.17) is 4.42 Å². The second kappa shape index (κ2) is 6.79. The van der Waals surface area contributed by atoms with Crippen LogP contribution >= 0.6 is 22.7 Å². The van der Waals surface area contributed by atoms with Gasteiger partial charge in [-0.2, -0.15) is 0 Å². The first-order chi connectivity index (χ1) is 12.2. The molecule has 4 aromatic rings. The SMILES string of the molecule is O=C(NCC(O)c1ccc(-c2cccs2)o1)c1nc2ccccc2s1. The first-order valence-electron chi connectivity index (χ1n) is 7.66. The maximum absolute atomic E-state index is 12.2. The molecular weight excluding hydrogens is 356 g/mol. The Balaban J connectivity index is 1.41. The number of hydrogen-bond donors (Lipinski definition) is 2. The molecule has 126 valence electrons. The molecule has 5 nitrogen and oxygen atoms in total. The highest BCUT2D eigenvalue weighted by molar-refractivity contribution is 7.20. The number of thiophene rings is 1. The molecule has 0 fully saturated rings. The first kappa shape index (κ1) is 16.0. The van der Waals surface area contributed by atoms with Gasteiger partial charge in [0.25, 0.3) is 5.91 Å². The predicted molar refractivity (Wildman–Crippen MR) is 98.9 cm³/mol. The second-order valence-electron chi connectivity index (χ2n) is 5.39. The van der Waals surface area contributed by atoms with E-state index < -0.39 is 6.10 Å². The molecular formula is C18H14N2O3S2. The Bertz CT molecular complexity index is 971. The molecule has 3 heterocycles. The third-order valence-corrected chi connectivity index (χ3v) is 5.58. The van der Waals surface area contributed by atoms with Gasteiger partial charge in [0, 0.05) is 0 Å². The molecule has 7 heteroatoms. The number of aromatic nitrogens is 1. The second-order valence-corrected chi connectivity index (χ2v) is 7.37. The van der Waals surface area contributed by atoms with Gasteiger partial charge in [-0.15, -0.1) is 22.7 Å². The summed E-state index contributed by atoms with van der Waals surface area (Å²) in [6, 6.07) is 15.0. The Kier molecular flexibility index (Phi) is 4.35. The van der Waals surface area contributed by atoms with E-state index in [1.165, 1.54) is 11.3 Å². The summed E-state index contributed by atoms with van der Waals surface area (Å²) in [6.07, 6.45) is -0.910. The number of aliphatic hydroxyl groups is 1. The molecule has 0 aliphatic carbocycles. The van der Waals surface area contributed by atoms with Crippen LogP contribution in [0.4, 0.5) is 0 Å². The summed E-state index contributed by atoms with van der Waals surface area (Å²) in [5.41, 5.74) is 0.796. The molecule has 0 spiro atoms. The molecule has 0 aliphatic heterocycles. The van der Waals surface area contributed by atoms with Crippen molar-refractivity contribution in [3.05, 3.63) is 64.7 Å². The van der Waals surface area contributed by atoms with Crippen LogP contribution in [0.15, 0.2) is 58.3 Å². The number of rotatable bonds is 5. The lowest BCUT2D eigenvalue weighted by molar-refractivity contribution is 0.0901. The van der Waals surface area contributed by atoms with Crippen molar-refractivity contribution in [1.29, 1.82) is 0 Å². The molecule has 0 radical (unpaired) electrons. The molecule has 0 aliphatic rings. The van der Waals surface area contributed by atoms with Crippen LogP contribution in [-0.4, -0.2) is 22.5 Å². The number of thiazole rings is 1. The Morgan fingerprint density at radius 2 is 2.08 bits per heavy atom. The highest BCUT2D eigenvalue weighted by atomic mass is 32.1. The molecule has 0 saturated heterocycles. The molecule has 1 atom stereocenters. The summed E-state index contributed by atoms with van der Waals surface area (Å²) in [4.78, 5) is 17.5. The molecule has 1 amide bonds. The number of carbonyl (C=O) groups excluding carboxylic acids is 1. The van der Waals surface area contributed by atoms with Gasteiger partial charge in [-0.25, -0.2) is 4.98 Å². The largest absolute Gasteiger partial charge is 0.457 e. The Hall–Kier alpha value is -2.48. The number of aliphatic hydroxyl groups excluding tert-OH is 1. The van der Waals surface area contributed by atoms with E-state index in [2.05, 4.69) is 10.3 Å². The van der Waals surface area contributed by atoms with E-state index in [1.54, 1.807) is 17.4 Å². The summed E-state index contributed by atoms with van der Waals surface area (Å²) in [6.45, 7) is 0.0617. The average molecular weight is 370 g/mol. The van der Waals surface area contributed by atoms with Crippen LogP contribution in [-0.2, 0) is 0 Å². The van der Waals surface area contributed by atoms with Crippen LogP contribution in [0.25, 0.3) is 20.9 Å². The molecule has 1 unspecified atom stereocenters. The van der Waals surface area contributed by atoms with Crippen molar-refractivity contribution in [3.63, 3.8) is 0 Å². The van der Waals surface area contributed by atoms with E-state index in [1.807, 2.05) is 47.8 Å². The number of benzene rings is 1. The van der Waals surface area contributed by atoms with Gasteiger partial charge < -0.3 is 14.8 Å². The number of fused-ring (bicyclic) bond motifs is 1. The highest BCUT2D eigenvalue weighted by Crippen LogP contribution is 2.28.